The Balaban J connectivity index is 1.62. The first kappa shape index (κ1) is 17.0. The zero-order chi connectivity index (χ0) is 17.6. The second kappa shape index (κ2) is 6.37. The van der Waals surface area contributed by atoms with Gasteiger partial charge in [0.2, 0.25) is 6.41 Å². The molecular weight excluding hydrogens is 383 g/mol. The number of carbonyl (C=O) groups is 2. The molecule has 3 aliphatic rings. The molecule has 6 nitrogen and oxygen atoms in total. The van der Waals surface area contributed by atoms with E-state index in [-0.39, 0.29) is 16.2 Å². The lowest BCUT2D eigenvalue weighted by Crippen LogP contribution is -2.44. The van der Waals surface area contributed by atoms with Crippen molar-refractivity contribution >= 4 is 58.3 Å². The van der Waals surface area contributed by atoms with Gasteiger partial charge in [-0.25, -0.2) is 4.79 Å². The molecule has 0 saturated carbocycles. The molecule has 0 aromatic heterocycles. The summed E-state index contributed by atoms with van der Waals surface area (Å²) in [7, 11) is 0. The Morgan fingerprint density at radius 2 is 2.28 bits per heavy atom. The van der Waals surface area contributed by atoms with E-state index in [2.05, 4.69) is 10.3 Å². The first-order valence-electron chi connectivity index (χ1n) is 7.94. The van der Waals surface area contributed by atoms with Crippen LogP contribution in [0.5, 0.6) is 0 Å². The van der Waals surface area contributed by atoms with E-state index in [1.807, 2.05) is 12.1 Å². The number of nitrogens with zero attached hydrogens (tertiary/aromatic N) is 3. The van der Waals surface area contributed by atoms with Crippen LogP contribution in [0.1, 0.15) is 12.0 Å². The van der Waals surface area contributed by atoms with Crippen LogP contribution in [0.25, 0.3) is 0 Å². The molecule has 132 valence electrons. The van der Waals surface area contributed by atoms with Gasteiger partial charge in [-0.1, -0.05) is 23.4 Å². The number of amidine groups is 1. The summed E-state index contributed by atoms with van der Waals surface area (Å²) in [6.45, 7) is 2.28. The number of amides is 3. The van der Waals surface area contributed by atoms with E-state index >= 15 is 0 Å². The van der Waals surface area contributed by atoms with Crippen molar-refractivity contribution in [3.8, 4) is 0 Å². The van der Waals surface area contributed by atoms with Crippen molar-refractivity contribution in [1.82, 2.24) is 10.2 Å². The highest BCUT2D eigenvalue weighted by Crippen LogP contribution is 2.47. The van der Waals surface area contributed by atoms with E-state index in [4.69, 9.17) is 23.2 Å². The lowest BCUT2D eigenvalue weighted by atomic mass is 9.81. The van der Waals surface area contributed by atoms with Gasteiger partial charge in [0.1, 0.15) is 4.71 Å². The fourth-order valence-corrected chi connectivity index (χ4v) is 4.93. The van der Waals surface area contributed by atoms with Crippen LogP contribution in [0.15, 0.2) is 23.2 Å². The third-order valence-corrected chi connectivity index (χ3v) is 6.39. The summed E-state index contributed by atoms with van der Waals surface area (Å²) in [6.07, 6.45) is 1.68. The monoisotopic (exact) mass is 398 g/mol. The first-order valence-corrected chi connectivity index (χ1v) is 9.63. The maximum Gasteiger partial charge on any atom is 0.327 e. The number of urea groups is 1. The maximum absolute atomic E-state index is 12.8. The van der Waals surface area contributed by atoms with Crippen molar-refractivity contribution in [3.63, 3.8) is 0 Å². The predicted molar refractivity (Wildman–Crippen MR) is 101 cm³/mol. The molecule has 2 atom stereocenters. The molecule has 9 heteroatoms. The minimum atomic E-state index is -0.266. The molecule has 1 fully saturated rings. The van der Waals surface area contributed by atoms with Crippen molar-refractivity contribution in [2.45, 2.75) is 16.5 Å². The van der Waals surface area contributed by atoms with Gasteiger partial charge < -0.3 is 4.90 Å². The molecule has 3 heterocycles. The average molecular weight is 399 g/mol. The second-order valence-electron chi connectivity index (χ2n) is 6.46. The molecule has 0 aliphatic carbocycles. The minimum absolute atomic E-state index is 0.137. The van der Waals surface area contributed by atoms with Crippen LogP contribution in [0.3, 0.4) is 0 Å². The summed E-state index contributed by atoms with van der Waals surface area (Å²) in [4.78, 5) is 31.7. The van der Waals surface area contributed by atoms with Crippen LogP contribution in [-0.2, 0) is 10.2 Å². The Hall–Kier alpha value is -1.44. The highest BCUT2D eigenvalue weighted by molar-refractivity contribution is 8.15. The van der Waals surface area contributed by atoms with Gasteiger partial charge in [-0.05, 0) is 30.2 Å². The number of benzene rings is 1. The zero-order valence-electron chi connectivity index (χ0n) is 13.2. The number of thioether (sulfide) groups is 1. The Labute approximate surface area is 159 Å². The number of halogens is 2. The van der Waals surface area contributed by atoms with Crippen LogP contribution < -0.4 is 10.2 Å². The van der Waals surface area contributed by atoms with Crippen molar-refractivity contribution in [1.29, 1.82) is 0 Å². The molecule has 1 spiro atoms. The number of likely N-dealkylation sites (tertiary alicyclic amines) is 1. The summed E-state index contributed by atoms with van der Waals surface area (Å²) >= 11 is 13.6. The highest BCUT2D eigenvalue weighted by atomic mass is 35.5. The van der Waals surface area contributed by atoms with Crippen LogP contribution in [0.2, 0.25) is 5.02 Å². The molecule has 1 unspecified atom stereocenters. The number of nitrogens with one attached hydrogen (secondary N) is 1. The lowest BCUT2D eigenvalue weighted by Gasteiger charge is -2.24. The predicted octanol–water partition coefficient (Wildman–Crippen LogP) is 2.64. The molecule has 25 heavy (non-hydrogen) atoms. The van der Waals surface area contributed by atoms with Crippen molar-refractivity contribution in [3.05, 3.63) is 28.8 Å². The molecule has 1 saturated heterocycles. The molecule has 3 aliphatic heterocycles. The van der Waals surface area contributed by atoms with E-state index in [0.717, 1.165) is 24.1 Å². The minimum Gasteiger partial charge on any atom is -0.344 e. The third kappa shape index (κ3) is 2.98. The van der Waals surface area contributed by atoms with Crippen LogP contribution in [0, 0.1) is 0 Å². The maximum atomic E-state index is 12.8. The summed E-state index contributed by atoms with van der Waals surface area (Å²) in [5.41, 5.74) is 1.59. The van der Waals surface area contributed by atoms with E-state index in [9.17, 15) is 9.59 Å². The summed E-state index contributed by atoms with van der Waals surface area (Å²) in [5.74, 6) is 0. The Morgan fingerprint density at radius 3 is 2.96 bits per heavy atom. The second-order valence-corrected chi connectivity index (χ2v) is 8.87. The zero-order valence-corrected chi connectivity index (χ0v) is 15.6. The number of carbonyl (C=O) groups excluding carboxylic acids is 2. The van der Waals surface area contributed by atoms with Gasteiger partial charge in [0.25, 0.3) is 0 Å². The summed E-state index contributed by atoms with van der Waals surface area (Å²) < 4.78 is -0.137. The average Bonchev–Trinajstić information content (AvgIpc) is 3.27. The number of fused-ring (bicyclic) bond motifs is 2. The van der Waals surface area contributed by atoms with Gasteiger partial charge in [-0.3, -0.25) is 20.0 Å². The molecular formula is C16H16Cl2N4O2S. The van der Waals surface area contributed by atoms with Crippen molar-refractivity contribution in [2.24, 2.45) is 4.99 Å². The van der Waals surface area contributed by atoms with Gasteiger partial charge in [0.15, 0.2) is 5.17 Å². The highest BCUT2D eigenvalue weighted by Gasteiger charge is 2.49. The van der Waals surface area contributed by atoms with Crippen molar-refractivity contribution in [2.75, 3.05) is 31.1 Å². The molecule has 0 bridgehead atoms. The molecule has 0 radical (unpaired) electrons. The number of anilines is 1. The number of hydrogen-bond acceptors (Lipinski definition) is 4. The van der Waals surface area contributed by atoms with Crippen LogP contribution >= 0.6 is 35.0 Å². The standard InChI is InChI=1S/C16H16Cl2N4O2S/c17-10-1-2-12-11(5-10)16(3-4-21(7-16)9-23)8-22(12)15(24)20-14-19-6-13(18)25-14/h1-2,5,9,13H,3-4,6-8H2,(H,19,20,24)/t13?,16-/m1/s1. The molecule has 1 N–H and O–H groups in total. The number of alkyl halides is 1. The lowest BCUT2D eigenvalue weighted by molar-refractivity contribution is -0.117. The van der Waals surface area contributed by atoms with E-state index in [1.54, 1.807) is 15.9 Å². The Bertz CT molecular complexity index is 775. The van der Waals surface area contributed by atoms with E-state index < -0.39 is 0 Å². The number of rotatable bonds is 1. The SMILES string of the molecule is O=CN1CC[C@@]2(C1)CN(C(=O)NC1=NCC(Cl)S1)c1ccc(Cl)cc12. The molecule has 4 rings (SSSR count). The van der Waals surface area contributed by atoms with E-state index in [1.165, 1.54) is 11.8 Å². The topological polar surface area (TPSA) is 65.0 Å². The fraction of sp³-hybridized carbons (Fsp3) is 0.438. The molecule has 3 amide bonds. The van der Waals surface area contributed by atoms with Crippen LogP contribution in [0.4, 0.5) is 10.5 Å². The Kier molecular flexibility index (Phi) is 4.33. The number of hydrogen-bond donors (Lipinski definition) is 1. The van der Waals surface area contributed by atoms with Gasteiger partial charge in [-0.15, -0.1) is 11.6 Å². The summed E-state index contributed by atoms with van der Waals surface area (Å²) in [5, 5.41) is 4.01. The van der Waals surface area contributed by atoms with Gasteiger partial charge >= 0.3 is 6.03 Å². The van der Waals surface area contributed by atoms with Gasteiger partial charge in [0.05, 0.1) is 6.54 Å². The van der Waals surface area contributed by atoms with Crippen molar-refractivity contribution < 1.29 is 9.59 Å². The number of aliphatic imine (C=N–C) groups is 1. The smallest absolute Gasteiger partial charge is 0.327 e. The van der Waals surface area contributed by atoms with Gasteiger partial charge in [0, 0.05) is 35.8 Å². The summed E-state index contributed by atoms with van der Waals surface area (Å²) in [6, 6.07) is 5.32. The Morgan fingerprint density at radius 1 is 1.44 bits per heavy atom. The van der Waals surface area contributed by atoms with Gasteiger partial charge in [-0.2, -0.15) is 0 Å². The third-order valence-electron chi connectivity index (χ3n) is 4.89. The van der Waals surface area contributed by atoms with E-state index in [0.29, 0.717) is 36.4 Å². The molecule has 1 aromatic rings. The largest absolute Gasteiger partial charge is 0.344 e. The molecule has 1 aromatic carbocycles. The first-order chi connectivity index (χ1) is 12.0. The normalized spacial score (nSPS) is 27.6. The fourth-order valence-electron chi connectivity index (χ4n) is 3.74. The van der Waals surface area contributed by atoms with Crippen LogP contribution in [-0.4, -0.2) is 53.4 Å². The quantitative estimate of drug-likeness (QED) is 0.583.